The van der Waals surface area contributed by atoms with Crippen LogP contribution in [0, 0.1) is 11.3 Å². The van der Waals surface area contributed by atoms with Crippen LogP contribution in [0.15, 0.2) is 164 Å². The van der Waals surface area contributed by atoms with Crippen LogP contribution in [0.25, 0.3) is 88.9 Å². The van der Waals surface area contributed by atoms with E-state index in [0.717, 1.165) is 61.0 Å². The van der Waals surface area contributed by atoms with Crippen molar-refractivity contribution >= 4 is 43.6 Å². The first-order chi connectivity index (χ1) is 27.0. The molecule has 0 spiro atoms. The number of hydrogen-bond acceptors (Lipinski definition) is 3. The number of rotatable bonds is 4. The van der Waals surface area contributed by atoms with Gasteiger partial charge in [-0.2, -0.15) is 5.26 Å². The van der Waals surface area contributed by atoms with Crippen LogP contribution in [0.4, 0.5) is 0 Å². The lowest BCUT2D eigenvalue weighted by Crippen LogP contribution is -2.15. The Kier molecular flexibility index (Phi) is 6.59. The predicted octanol–water partition coefficient (Wildman–Crippen LogP) is 12.2. The zero-order valence-corrected chi connectivity index (χ0v) is 30.3. The molecular formula is C50H33N5. The Morgan fingerprint density at radius 2 is 1.04 bits per heavy atom. The summed E-state index contributed by atoms with van der Waals surface area (Å²) in [5, 5.41) is 14.4. The molecule has 3 heterocycles. The van der Waals surface area contributed by atoms with Crippen molar-refractivity contribution in [2.75, 3.05) is 0 Å². The molecule has 5 heteroatoms. The smallest absolute Gasteiger partial charge is 0.235 e. The number of nitriles is 1. The summed E-state index contributed by atoms with van der Waals surface area (Å²) < 4.78 is 4.67. The molecule has 1 aliphatic carbocycles. The first kappa shape index (κ1) is 31.3. The number of aromatic nitrogens is 4. The molecule has 55 heavy (non-hydrogen) atoms. The summed E-state index contributed by atoms with van der Waals surface area (Å²) in [5.41, 5.74) is 14.4. The summed E-state index contributed by atoms with van der Waals surface area (Å²) in [4.78, 5) is 10.9. The van der Waals surface area contributed by atoms with Crippen LogP contribution in [0.5, 0.6) is 0 Å². The second-order valence-corrected chi connectivity index (χ2v) is 15.0. The zero-order valence-electron chi connectivity index (χ0n) is 30.3. The van der Waals surface area contributed by atoms with Crippen LogP contribution in [0.2, 0.25) is 0 Å². The largest absolute Gasteiger partial charge is 0.307 e. The maximum Gasteiger partial charge on any atom is 0.235 e. The average Bonchev–Trinajstić information content (AvgIpc) is 3.84. The molecular weight excluding hydrogens is 671 g/mol. The van der Waals surface area contributed by atoms with Crippen LogP contribution >= 0.6 is 0 Å². The van der Waals surface area contributed by atoms with Crippen molar-refractivity contribution in [2.45, 2.75) is 19.3 Å². The highest BCUT2D eigenvalue weighted by Crippen LogP contribution is 2.50. The highest BCUT2D eigenvalue weighted by molar-refractivity contribution is 6.23. The lowest BCUT2D eigenvalue weighted by atomic mass is 9.81. The van der Waals surface area contributed by atoms with Gasteiger partial charge in [0.1, 0.15) is 0 Å². The van der Waals surface area contributed by atoms with E-state index in [9.17, 15) is 5.26 Å². The molecule has 0 fully saturated rings. The van der Waals surface area contributed by atoms with Crippen LogP contribution in [0.1, 0.15) is 30.5 Å². The predicted molar refractivity (Wildman–Crippen MR) is 224 cm³/mol. The Labute approximate surface area is 318 Å². The molecule has 0 aliphatic heterocycles. The molecule has 0 saturated carbocycles. The molecule has 3 aromatic heterocycles. The first-order valence-corrected chi connectivity index (χ1v) is 18.6. The normalized spacial score (nSPS) is 13.0. The van der Waals surface area contributed by atoms with Gasteiger partial charge in [0.15, 0.2) is 0 Å². The summed E-state index contributed by atoms with van der Waals surface area (Å²) in [7, 11) is 0. The lowest BCUT2D eigenvalue weighted by molar-refractivity contribution is 0.660. The second-order valence-electron chi connectivity index (χ2n) is 15.0. The molecule has 0 saturated heterocycles. The number of fused-ring (bicyclic) bond motifs is 10. The van der Waals surface area contributed by atoms with Gasteiger partial charge in [0.2, 0.25) is 5.95 Å². The highest BCUT2D eigenvalue weighted by atomic mass is 15.2. The van der Waals surface area contributed by atoms with E-state index >= 15 is 0 Å². The molecule has 0 atom stereocenters. The third kappa shape index (κ3) is 4.52. The third-order valence-electron chi connectivity index (χ3n) is 11.6. The Morgan fingerprint density at radius 1 is 0.491 bits per heavy atom. The van der Waals surface area contributed by atoms with Gasteiger partial charge in [0.05, 0.1) is 45.1 Å². The fourth-order valence-electron chi connectivity index (χ4n) is 8.96. The maximum absolute atomic E-state index is 9.71. The lowest BCUT2D eigenvalue weighted by Gasteiger charge is -2.22. The van der Waals surface area contributed by atoms with Gasteiger partial charge >= 0.3 is 0 Å². The van der Waals surface area contributed by atoms with E-state index in [1.807, 2.05) is 18.2 Å². The van der Waals surface area contributed by atoms with E-state index in [-0.39, 0.29) is 5.41 Å². The number of nitrogens with zero attached hydrogens (tertiary/aromatic N) is 5. The van der Waals surface area contributed by atoms with Crippen LogP contribution in [0.3, 0.4) is 0 Å². The molecule has 0 bridgehead atoms. The maximum atomic E-state index is 9.71. The first-order valence-electron chi connectivity index (χ1n) is 18.6. The van der Waals surface area contributed by atoms with Gasteiger partial charge in [-0.3, -0.25) is 4.57 Å². The SMILES string of the molecule is CC1(C)c2cc(C#N)ccc2-c2ccc(-c3cc(-c4ccccc4)nc(-n4c5ccccc5c5ccc6c7ccccc7n(-c7ccccc7)c6c54)n3)cc21. The van der Waals surface area contributed by atoms with Gasteiger partial charge in [0.25, 0.3) is 0 Å². The minimum Gasteiger partial charge on any atom is -0.307 e. The van der Waals surface area contributed by atoms with E-state index in [1.165, 1.54) is 33.0 Å². The van der Waals surface area contributed by atoms with Crippen molar-refractivity contribution in [3.63, 3.8) is 0 Å². The monoisotopic (exact) mass is 703 g/mol. The molecule has 1 aliphatic rings. The van der Waals surface area contributed by atoms with E-state index < -0.39 is 0 Å². The summed E-state index contributed by atoms with van der Waals surface area (Å²) >= 11 is 0. The Bertz CT molecular complexity index is 3230. The molecule has 0 amide bonds. The summed E-state index contributed by atoms with van der Waals surface area (Å²) in [6, 6.07) is 60.0. The Balaban J connectivity index is 1.23. The molecule has 0 unspecified atom stereocenters. The highest BCUT2D eigenvalue weighted by Gasteiger charge is 2.36. The van der Waals surface area contributed by atoms with Crippen LogP contribution in [-0.4, -0.2) is 19.1 Å². The van der Waals surface area contributed by atoms with Crippen molar-refractivity contribution in [2.24, 2.45) is 0 Å². The summed E-state index contributed by atoms with van der Waals surface area (Å²) in [5.74, 6) is 0.613. The summed E-state index contributed by atoms with van der Waals surface area (Å²) in [6.45, 7) is 4.50. The zero-order chi connectivity index (χ0) is 36.8. The standard InChI is InChI=1S/C50H33N5/c1-50(2)41-27-31(30-51)21-23-35(41)36-24-22-33(28-42(36)50)44-29-43(32-13-5-3-6-14-32)52-49(53-44)55-46-20-12-10-18-38(46)40-26-25-39-37-17-9-11-19-45(37)54(47(39)48(40)55)34-15-7-4-8-16-34/h3-29H,1-2H3. The molecule has 0 N–H and O–H groups in total. The van der Waals surface area contributed by atoms with Gasteiger partial charge in [-0.15, -0.1) is 0 Å². The molecule has 5 nitrogen and oxygen atoms in total. The van der Waals surface area contributed by atoms with Gasteiger partial charge in [-0.25, -0.2) is 9.97 Å². The number of para-hydroxylation sites is 3. The molecule has 11 rings (SSSR count). The van der Waals surface area contributed by atoms with Gasteiger partial charge < -0.3 is 4.57 Å². The van der Waals surface area contributed by atoms with Gasteiger partial charge in [-0.05, 0) is 70.8 Å². The second kappa shape index (κ2) is 11.6. The van der Waals surface area contributed by atoms with Gasteiger partial charge in [0, 0.05) is 43.8 Å². The fraction of sp³-hybridized carbons (Fsp3) is 0.0600. The molecule has 7 aromatic carbocycles. The van der Waals surface area contributed by atoms with E-state index in [0.29, 0.717) is 11.5 Å². The molecule has 258 valence electrons. The Hall–Kier alpha value is -7.29. The Morgan fingerprint density at radius 3 is 1.71 bits per heavy atom. The number of hydrogen-bond donors (Lipinski definition) is 0. The van der Waals surface area contributed by atoms with Crippen molar-refractivity contribution in [1.82, 2.24) is 19.1 Å². The minimum atomic E-state index is -0.283. The van der Waals surface area contributed by atoms with Crippen molar-refractivity contribution in [3.8, 4) is 51.3 Å². The quantitative estimate of drug-likeness (QED) is 0.183. The summed E-state index contributed by atoms with van der Waals surface area (Å²) in [6.07, 6.45) is 0. The van der Waals surface area contributed by atoms with E-state index in [1.54, 1.807) is 0 Å². The molecule has 0 radical (unpaired) electrons. The number of benzene rings is 7. The van der Waals surface area contributed by atoms with Gasteiger partial charge in [-0.1, -0.05) is 129 Å². The topological polar surface area (TPSA) is 59.4 Å². The van der Waals surface area contributed by atoms with Crippen LogP contribution < -0.4 is 0 Å². The average molecular weight is 704 g/mol. The fourth-order valence-corrected chi connectivity index (χ4v) is 8.96. The van der Waals surface area contributed by atoms with Crippen LogP contribution in [-0.2, 0) is 5.41 Å². The molecule has 10 aromatic rings. The minimum absolute atomic E-state index is 0.283. The van der Waals surface area contributed by atoms with E-state index in [4.69, 9.17) is 9.97 Å². The van der Waals surface area contributed by atoms with E-state index in [2.05, 4.69) is 175 Å². The van der Waals surface area contributed by atoms with Crippen molar-refractivity contribution in [1.29, 1.82) is 5.26 Å². The van der Waals surface area contributed by atoms with Crippen molar-refractivity contribution in [3.05, 3.63) is 180 Å². The third-order valence-corrected chi connectivity index (χ3v) is 11.6. The van der Waals surface area contributed by atoms with Crippen molar-refractivity contribution < 1.29 is 0 Å².